The summed E-state index contributed by atoms with van der Waals surface area (Å²) in [6, 6.07) is 21.7. The Hall–Kier alpha value is -3.48. The van der Waals surface area contributed by atoms with E-state index >= 15 is 0 Å². The molecule has 1 aromatic heterocycles. The number of methoxy groups -OCH3 is 1. The number of nitrogens with zero attached hydrogens (tertiary/aromatic N) is 3. The average Bonchev–Trinajstić information content (AvgIpc) is 3.30. The van der Waals surface area contributed by atoms with Crippen LogP contribution in [0.15, 0.2) is 82.1 Å². The first-order chi connectivity index (χ1) is 20.4. The quantitative estimate of drug-likeness (QED) is 0.183. The molecule has 2 heterocycles. The van der Waals surface area contributed by atoms with E-state index in [1.54, 1.807) is 36.8 Å². The van der Waals surface area contributed by atoms with Crippen LogP contribution in [0.4, 0.5) is 0 Å². The van der Waals surface area contributed by atoms with Gasteiger partial charge in [0.15, 0.2) is 11.4 Å². The lowest BCUT2D eigenvalue weighted by atomic mass is 9.93. The molecule has 0 bridgehead atoms. The van der Waals surface area contributed by atoms with Crippen LogP contribution in [0.3, 0.4) is 0 Å². The Morgan fingerprint density at radius 1 is 1.14 bits per heavy atom. The van der Waals surface area contributed by atoms with Gasteiger partial charge in [0.2, 0.25) is 0 Å². The molecule has 0 spiro atoms. The van der Waals surface area contributed by atoms with Gasteiger partial charge in [0.1, 0.15) is 17.6 Å². The summed E-state index contributed by atoms with van der Waals surface area (Å²) in [5.74, 6) is 0.621. The fourth-order valence-electron chi connectivity index (χ4n) is 4.63. The maximum atomic E-state index is 14.2. The van der Waals surface area contributed by atoms with E-state index in [0.717, 1.165) is 12.7 Å². The molecular formula is C31H23I2N3O5S. The van der Waals surface area contributed by atoms with Crippen molar-refractivity contribution in [3.63, 3.8) is 0 Å². The lowest BCUT2D eigenvalue weighted by Crippen LogP contribution is -2.40. The minimum Gasteiger partial charge on any atom is -0.497 e. The number of carbonyl (C=O) groups excluding carboxylic acids is 1. The number of benzene rings is 3. The molecule has 5 rings (SSSR count). The van der Waals surface area contributed by atoms with E-state index in [1.807, 2.05) is 60.7 Å². The zero-order valence-corrected chi connectivity index (χ0v) is 27.6. The van der Waals surface area contributed by atoms with Crippen molar-refractivity contribution >= 4 is 74.3 Å². The van der Waals surface area contributed by atoms with Crippen molar-refractivity contribution in [3.05, 3.63) is 116 Å². The maximum Gasteiger partial charge on any atom is 0.338 e. The molecular weight excluding hydrogens is 780 g/mol. The molecule has 0 saturated carbocycles. The number of ether oxygens (including phenoxy) is 3. The number of nitriles is 1. The normalized spacial score (nSPS) is 14.5. The third-order valence-electron chi connectivity index (χ3n) is 6.41. The molecule has 1 atom stereocenters. The predicted octanol–water partition coefficient (Wildman–Crippen LogP) is 5.06. The number of hydrogen-bond donors (Lipinski definition) is 0. The molecule has 0 aliphatic carbocycles. The summed E-state index contributed by atoms with van der Waals surface area (Å²) in [6.07, 6.45) is 1.75. The van der Waals surface area contributed by atoms with Crippen molar-refractivity contribution in [2.45, 2.75) is 13.0 Å². The van der Waals surface area contributed by atoms with Gasteiger partial charge in [-0.3, -0.25) is 9.36 Å². The zero-order chi connectivity index (χ0) is 29.8. The van der Waals surface area contributed by atoms with E-state index in [-0.39, 0.29) is 24.3 Å². The van der Waals surface area contributed by atoms with E-state index < -0.39 is 12.0 Å². The fourth-order valence-corrected chi connectivity index (χ4v) is 7.66. The van der Waals surface area contributed by atoms with Crippen LogP contribution in [0.2, 0.25) is 0 Å². The van der Waals surface area contributed by atoms with E-state index in [0.29, 0.717) is 37.7 Å². The molecule has 0 fully saturated rings. The van der Waals surface area contributed by atoms with E-state index in [1.165, 1.54) is 11.3 Å². The molecule has 0 saturated heterocycles. The van der Waals surface area contributed by atoms with Gasteiger partial charge in [-0.25, -0.2) is 9.79 Å². The van der Waals surface area contributed by atoms with Crippen LogP contribution < -0.4 is 24.4 Å². The molecule has 11 heteroatoms. The molecule has 42 heavy (non-hydrogen) atoms. The van der Waals surface area contributed by atoms with Gasteiger partial charge in [-0.05, 0) is 88.0 Å². The summed E-state index contributed by atoms with van der Waals surface area (Å²) in [4.78, 5) is 33.1. The first-order valence-electron chi connectivity index (χ1n) is 12.8. The van der Waals surface area contributed by atoms with Crippen molar-refractivity contribution < 1.29 is 19.0 Å². The van der Waals surface area contributed by atoms with Crippen LogP contribution in [0.5, 0.6) is 11.5 Å². The summed E-state index contributed by atoms with van der Waals surface area (Å²) in [5, 5.41) is 9.10. The second-order valence-electron chi connectivity index (χ2n) is 8.96. The van der Waals surface area contributed by atoms with Gasteiger partial charge in [0, 0.05) is 14.7 Å². The smallest absolute Gasteiger partial charge is 0.338 e. The van der Waals surface area contributed by atoms with Gasteiger partial charge in [-0.15, -0.1) is 0 Å². The number of aromatic nitrogens is 1. The van der Waals surface area contributed by atoms with Crippen molar-refractivity contribution in [3.8, 4) is 17.6 Å². The highest BCUT2D eigenvalue weighted by molar-refractivity contribution is 14.1. The zero-order valence-electron chi connectivity index (χ0n) is 22.5. The van der Waals surface area contributed by atoms with Gasteiger partial charge < -0.3 is 14.2 Å². The molecule has 8 nitrogen and oxygen atoms in total. The van der Waals surface area contributed by atoms with E-state index in [4.69, 9.17) is 24.5 Å². The van der Waals surface area contributed by atoms with Crippen molar-refractivity contribution in [1.82, 2.24) is 4.57 Å². The Morgan fingerprint density at radius 3 is 2.55 bits per heavy atom. The Bertz CT molecular complexity index is 1910. The summed E-state index contributed by atoms with van der Waals surface area (Å²) in [6.45, 7) is 1.78. The standard InChI is InChI=1S/C31H23I2N3O5S/c1-3-40-30(38)25-26(18-7-5-4-6-8-18)35-31-36(27(25)19-9-11-22(39-2)12-10-19)29(37)24(42-31)16-20-15-21(32)17-23(33)28(20)41-14-13-34/h4-12,15-17,27H,3,14H2,1-2H3/b24-16-/t27-/m1/s1. The first kappa shape index (κ1) is 30.0. The SMILES string of the molecule is CCOC(=O)C1=C(c2ccccc2)N=c2s/c(=C\c3cc(I)cc(I)c3OCC#N)c(=O)n2[C@@H]1c1ccc(OC)cc1. The Morgan fingerprint density at radius 2 is 1.88 bits per heavy atom. The number of thiazole rings is 1. The lowest BCUT2D eigenvalue weighted by molar-refractivity contribution is -0.138. The van der Waals surface area contributed by atoms with Gasteiger partial charge in [0.05, 0.1) is 39.1 Å². The molecule has 1 aliphatic heterocycles. The first-order valence-corrected chi connectivity index (χ1v) is 15.7. The molecule has 4 aromatic rings. The van der Waals surface area contributed by atoms with Gasteiger partial charge in [0.25, 0.3) is 5.56 Å². The molecule has 0 unspecified atom stereocenters. The summed E-state index contributed by atoms with van der Waals surface area (Å²) in [5.41, 5.74) is 2.51. The monoisotopic (exact) mass is 803 g/mol. The predicted molar refractivity (Wildman–Crippen MR) is 177 cm³/mol. The molecule has 3 aromatic carbocycles. The maximum absolute atomic E-state index is 14.2. The summed E-state index contributed by atoms with van der Waals surface area (Å²) in [7, 11) is 1.58. The second-order valence-corrected chi connectivity index (χ2v) is 12.4. The number of halogens is 2. The number of hydrogen-bond acceptors (Lipinski definition) is 8. The van der Waals surface area contributed by atoms with E-state index in [9.17, 15) is 9.59 Å². The van der Waals surface area contributed by atoms with Crippen LogP contribution in [0.25, 0.3) is 11.8 Å². The van der Waals surface area contributed by atoms with Crippen molar-refractivity contribution in [1.29, 1.82) is 5.26 Å². The van der Waals surface area contributed by atoms with Gasteiger partial charge in [-0.2, -0.15) is 5.26 Å². The number of esters is 1. The average molecular weight is 803 g/mol. The van der Waals surface area contributed by atoms with Crippen LogP contribution in [-0.2, 0) is 9.53 Å². The lowest BCUT2D eigenvalue weighted by Gasteiger charge is -2.26. The molecule has 0 radical (unpaired) electrons. The number of carbonyl (C=O) groups is 1. The summed E-state index contributed by atoms with van der Waals surface area (Å²) < 4.78 is 20.3. The van der Waals surface area contributed by atoms with E-state index in [2.05, 4.69) is 45.2 Å². The molecule has 1 aliphatic rings. The minimum absolute atomic E-state index is 0.126. The van der Waals surface area contributed by atoms with Gasteiger partial charge >= 0.3 is 5.97 Å². The second kappa shape index (κ2) is 13.2. The summed E-state index contributed by atoms with van der Waals surface area (Å²) >= 11 is 5.59. The van der Waals surface area contributed by atoms with Gasteiger partial charge in [-0.1, -0.05) is 53.8 Å². The third-order valence-corrected chi connectivity index (χ3v) is 8.82. The minimum atomic E-state index is -0.797. The largest absolute Gasteiger partial charge is 0.497 e. The van der Waals surface area contributed by atoms with Crippen LogP contribution in [0, 0.1) is 18.5 Å². The fraction of sp³-hybridized carbons (Fsp3) is 0.161. The Balaban J connectivity index is 1.82. The van der Waals surface area contributed by atoms with Crippen LogP contribution in [0.1, 0.15) is 29.7 Å². The third kappa shape index (κ3) is 6.02. The topological polar surface area (TPSA) is 103 Å². The molecule has 0 N–H and O–H groups in total. The Labute approximate surface area is 272 Å². The van der Waals surface area contributed by atoms with Crippen molar-refractivity contribution in [2.24, 2.45) is 4.99 Å². The highest BCUT2D eigenvalue weighted by Gasteiger charge is 2.35. The van der Waals surface area contributed by atoms with Crippen molar-refractivity contribution in [2.75, 3.05) is 20.3 Å². The van der Waals surface area contributed by atoms with Crippen LogP contribution >= 0.6 is 56.5 Å². The highest BCUT2D eigenvalue weighted by Crippen LogP contribution is 2.36. The number of fused-ring (bicyclic) bond motifs is 1. The molecule has 212 valence electrons. The van der Waals surface area contributed by atoms with Crippen LogP contribution in [-0.4, -0.2) is 30.9 Å². The number of rotatable bonds is 8. The highest BCUT2D eigenvalue weighted by atomic mass is 127. The Kier molecular flexibility index (Phi) is 9.44. The molecule has 0 amide bonds.